The van der Waals surface area contributed by atoms with Crippen molar-refractivity contribution >= 4 is 28.3 Å². The van der Waals surface area contributed by atoms with Crippen LogP contribution in [0.2, 0.25) is 0 Å². The van der Waals surface area contributed by atoms with E-state index in [1.54, 1.807) is 18.3 Å². The zero-order valence-corrected chi connectivity index (χ0v) is 18.2. The number of hydrogen-bond acceptors (Lipinski definition) is 7. The highest BCUT2D eigenvalue weighted by atomic mass is 19.1. The predicted octanol–water partition coefficient (Wildman–Crippen LogP) is 3.56. The van der Waals surface area contributed by atoms with Crippen LogP contribution in [0, 0.1) is 17.5 Å². The van der Waals surface area contributed by atoms with Gasteiger partial charge in [0, 0.05) is 35.3 Å². The van der Waals surface area contributed by atoms with Crippen molar-refractivity contribution in [2.75, 3.05) is 24.3 Å². The molecule has 2 aromatic heterocycles. The molecule has 0 aliphatic rings. The number of hydrogen-bond donors (Lipinski definition) is 4. The number of nitrogen functional groups attached to an aromatic ring is 1. The average Bonchev–Trinajstić information content (AvgIpc) is 2.83. The van der Waals surface area contributed by atoms with E-state index in [4.69, 9.17) is 10.8 Å². The first-order valence-electron chi connectivity index (χ1n) is 10.4. The molecule has 5 N–H and O–H groups in total. The van der Waals surface area contributed by atoms with E-state index in [0.29, 0.717) is 11.1 Å². The lowest BCUT2D eigenvalue weighted by Crippen LogP contribution is -2.27. The number of nitrogens with one attached hydrogen (secondary N) is 2. The minimum atomic E-state index is -1.14. The second kappa shape index (κ2) is 10.4. The number of aliphatic hydroxyl groups excluding tert-OH is 1. The van der Waals surface area contributed by atoms with Crippen LogP contribution in [0.1, 0.15) is 15.9 Å². The van der Waals surface area contributed by atoms with Crippen molar-refractivity contribution in [2.24, 2.45) is 0 Å². The molecule has 0 saturated heterocycles. The largest absolute Gasteiger partial charge is 0.396 e. The molecule has 0 atom stereocenters. The van der Waals surface area contributed by atoms with Gasteiger partial charge >= 0.3 is 0 Å². The zero-order chi connectivity index (χ0) is 24.9. The molecule has 8 nitrogen and oxygen atoms in total. The Bertz CT molecular complexity index is 1380. The number of amides is 1. The molecule has 0 unspecified atom stereocenters. The van der Waals surface area contributed by atoms with E-state index in [1.807, 2.05) is 11.5 Å². The fourth-order valence-corrected chi connectivity index (χ4v) is 3.38. The van der Waals surface area contributed by atoms with Gasteiger partial charge in [-0.05, 0) is 36.4 Å². The molecule has 0 aliphatic heterocycles. The number of benzene rings is 2. The number of nitrogens with two attached hydrogens (primary N) is 1. The summed E-state index contributed by atoms with van der Waals surface area (Å²) in [5.74, 6) is -3.68. The molecular formula is C24H20F3N5O3. The molecular weight excluding hydrogens is 463 g/mol. The highest BCUT2D eigenvalue weighted by Gasteiger charge is 2.20. The summed E-state index contributed by atoms with van der Waals surface area (Å²) < 4.78 is 43.6. The molecule has 180 valence electrons. The summed E-state index contributed by atoms with van der Waals surface area (Å²) in [5, 5.41) is 12.4. The Morgan fingerprint density at radius 2 is 1.83 bits per heavy atom. The second-order valence-electron chi connectivity index (χ2n) is 7.45. The molecule has 2 aromatic carbocycles. The van der Waals surface area contributed by atoms with E-state index in [1.165, 1.54) is 18.2 Å². The summed E-state index contributed by atoms with van der Waals surface area (Å²) in [4.78, 5) is 25.0. The van der Waals surface area contributed by atoms with Gasteiger partial charge in [0.05, 0.1) is 30.1 Å². The first kappa shape index (κ1) is 23.9. The maximum atomic E-state index is 14.6. The van der Waals surface area contributed by atoms with Gasteiger partial charge in [-0.15, -0.1) is 0 Å². The monoisotopic (exact) mass is 483 g/mol. The van der Waals surface area contributed by atoms with Crippen LogP contribution in [0.4, 0.5) is 24.7 Å². The van der Waals surface area contributed by atoms with Gasteiger partial charge in [0.25, 0.3) is 5.91 Å². The Labute approximate surface area is 197 Å². The Balaban J connectivity index is 1.57. The van der Waals surface area contributed by atoms with Gasteiger partial charge < -0.3 is 16.2 Å². The normalized spacial score (nSPS) is 11.0. The number of carbonyl (C=O) groups excluding carboxylic acids is 1. The molecule has 0 fully saturated rings. The Morgan fingerprint density at radius 1 is 1.06 bits per heavy atom. The third-order valence-corrected chi connectivity index (χ3v) is 5.07. The number of carbonyl (C=O) groups is 1. The minimum Gasteiger partial charge on any atom is -0.396 e. The van der Waals surface area contributed by atoms with Gasteiger partial charge in [0.2, 0.25) is 0 Å². The molecule has 0 spiro atoms. The van der Waals surface area contributed by atoms with Crippen molar-refractivity contribution in [3.05, 3.63) is 83.3 Å². The molecule has 0 saturated carbocycles. The van der Waals surface area contributed by atoms with Crippen molar-refractivity contribution in [3.63, 3.8) is 0 Å². The van der Waals surface area contributed by atoms with Crippen LogP contribution >= 0.6 is 0 Å². The fraction of sp³-hybridized carbons (Fsp3) is 0.125. The number of aromatic nitrogens is 2. The van der Waals surface area contributed by atoms with Crippen LogP contribution < -0.4 is 16.5 Å². The Kier molecular flexibility index (Phi) is 7.09. The molecule has 35 heavy (non-hydrogen) atoms. The zero-order valence-electron chi connectivity index (χ0n) is 18.2. The summed E-state index contributed by atoms with van der Waals surface area (Å²) in [7, 11) is 0. The Morgan fingerprint density at radius 3 is 2.57 bits per heavy atom. The van der Waals surface area contributed by atoms with Crippen LogP contribution in [-0.2, 0) is 11.4 Å². The molecule has 4 aromatic rings. The third-order valence-electron chi connectivity index (χ3n) is 5.07. The number of halogens is 3. The minimum absolute atomic E-state index is 0.0486. The van der Waals surface area contributed by atoms with Crippen molar-refractivity contribution in [1.29, 1.82) is 0 Å². The maximum absolute atomic E-state index is 14.6. The van der Waals surface area contributed by atoms with Crippen molar-refractivity contribution in [3.8, 4) is 11.3 Å². The number of pyridine rings is 2. The van der Waals surface area contributed by atoms with Gasteiger partial charge in [-0.2, -0.15) is 0 Å². The average molecular weight is 483 g/mol. The molecule has 0 bridgehead atoms. The highest BCUT2D eigenvalue weighted by molar-refractivity contribution is 5.94. The van der Waals surface area contributed by atoms with Gasteiger partial charge in [-0.1, -0.05) is 6.07 Å². The van der Waals surface area contributed by atoms with Crippen LogP contribution in [0.5, 0.6) is 0 Å². The molecule has 4 rings (SSSR count). The first-order valence-corrected chi connectivity index (χ1v) is 10.4. The van der Waals surface area contributed by atoms with Crippen molar-refractivity contribution in [1.82, 2.24) is 15.4 Å². The van der Waals surface area contributed by atoms with E-state index >= 15 is 0 Å². The van der Waals surface area contributed by atoms with E-state index < -0.39 is 28.9 Å². The highest BCUT2D eigenvalue weighted by Crippen LogP contribution is 2.27. The Hall–Kier alpha value is -4.22. The predicted molar refractivity (Wildman–Crippen MR) is 124 cm³/mol. The summed E-state index contributed by atoms with van der Waals surface area (Å²) in [5.41, 5.74) is 8.33. The van der Waals surface area contributed by atoms with E-state index in [0.717, 1.165) is 17.5 Å². The molecule has 2 heterocycles. The van der Waals surface area contributed by atoms with Gasteiger partial charge in [-0.25, -0.2) is 23.6 Å². The molecule has 0 aliphatic carbocycles. The first-order chi connectivity index (χ1) is 16.9. The van der Waals surface area contributed by atoms with Crippen LogP contribution in [0.3, 0.4) is 0 Å². The van der Waals surface area contributed by atoms with E-state index in [-0.39, 0.29) is 42.5 Å². The number of hydroxylamine groups is 1. The van der Waals surface area contributed by atoms with Gasteiger partial charge in [0.15, 0.2) is 0 Å². The number of rotatable bonds is 8. The summed E-state index contributed by atoms with van der Waals surface area (Å²) in [6, 6.07) is 11.4. The standard InChI is InChI=1S/C24H20F3N5O3/c25-16-11-21-13(2-1-5-29-21)8-15(16)12-30-23-19(28)3-4-20(31-23)14-9-17(26)22(18(27)10-14)24(34)32-35-7-6-33/h1-5,8-11,33H,6-7,12,28H2,(H,30,31)(H,32,34). The number of fused-ring (bicyclic) bond motifs is 1. The van der Waals surface area contributed by atoms with Crippen LogP contribution in [-0.4, -0.2) is 34.2 Å². The molecule has 11 heteroatoms. The van der Waals surface area contributed by atoms with Crippen molar-refractivity contribution in [2.45, 2.75) is 6.54 Å². The topological polar surface area (TPSA) is 122 Å². The lowest BCUT2D eigenvalue weighted by atomic mass is 10.1. The SMILES string of the molecule is Nc1ccc(-c2cc(F)c(C(=O)NOCCO)c(F)c2)nc1NCc1cc2cccnc2cc1F. The quantitative estimate of drug-likeness (QED) is 0.223. The van der Waals surface area contributed by atoms with Crippen molar-refractivity contribution < 1.29 is 27.9 Å². The van der Waals surface area contributed by atoms with E-state index in [2.05, 4.69) is 20.1 Å². The smallest absolute Gasteiger partial charge is 0.280 e. The maximum Gasteiger partial charge on any atom is 0.280 e. The fourth-order valence-electron chi connectivity index (χ4n) is 3.38. The van der Waals surface area contributed by atoms with E-state index in [9.17, 15) is 18.0 Å². The second-order valence-corrected chi connectivity index (χ2v) is 7.45. The summed E-state index contributed by atoms with van der Waals surface area (Å²) in [6.45, 7) is -0.570. The van der Waals surface area contributed by atoms with Gasteiger partial charge in [-0.3, -0.25) is 14.6 Å². The number of aliphatic hydroxyl groups is 1. The van der Waals surface area contributed by atoms with Crippen LogP contribution in [0.25, 0.3) is 22.2 Å². The molecule has 0 radical (unpaired) electrons. The lowest BCUT2D eigenvalue weighted by Gasteiger charge is -2.13. The molecule has 1 amide bonds. The summed E-state index contributed by atoms with van der Waals surface area (Å²) in [6.07, 6.45) is 1.57. The lowest BCUT2D eigenvalue weighted by molar-refractivity contribution is 0.0162. The summed E-state index contributed by atoms with van der Waals surface area (Å²) >= 11 is 0. The third kappa shape index (κ3) is 5.31. The number of anilines is 2. The van der Waals surface area contributed by atoms with Crippen LogP contribution in [0.15, 0.2) is 54.7 Å². The number of nitrogens with zero attached hydrogens (tertiary/aromatic N) is 2. The van der Waals surface area contributed by atoms with Gasteiger partial charge in [0.1, 0.15) is 28.8 Å².